The fraction of sp³-hybridized carbons (Fsp3) is 0.400. The highest BCUT2D eigenvalue weighted by Crippen LogP contribution is 2.17. The molecule has 1 aromatic carbocycles. The van der Waals surface area contributed by atoms with Gasteiger partial charge in [0.1, 0.15) is 5.75 Å². The molecule has 2 heteroatoms. The molecule has 0 atom stereocenters. The van der Waals surface area contributed by atoms with E-state index in [1.165, 1.54) is 5.56 Å². The minimum Gasteiger partial charge on any atom is -0.491 e. The van der Waals surface area contributed by atoms with Gasteiger partial charge < -0.3 is 10.9 Å². The van der Waals surface area contributed by atoms with Gasteiger partial charge in [0.05, 0.1) is 6.10 Å². The Balaban J connectivity index is 0.00000121. The van der Waals surface area contributed by atoms with Gasteiger partial charge in [-0.1, -0.05) is 18.2 Å². The van der Waals surface area contributed by atoms with Crippen molar-refractivity contribution in [3.05, 3.63) is 29.8 Å². The lowest BCUT2D eigenvalue weighted by Gasteiger charge is -2.11. The van der Waals surface area contributed by atoms with Crippen LogP contribution in [0.25, 0.3) is 0 Å². The number of ether oxygens (including phenoxy) is 1. The van der Waals surface area contributed by atoms with Crippen LogP contribution < -0.4 is 10.9 Å². The number of hydrogen-bond donors (Lipinski definition) is 1. The summed E-state index contributed by atoms with van der Waals surface area (Å²) in [5.74, 6) is 0.988. The average Bonchev–Trinajstić information content (AvgIpc) is 1.93. The van der Waals surface area contributed by atoms with Crippen molar-refractivity contribution >= 4 is 0 Å². The Morgan fingerprint density at radius 3 is 2.25 bits per heavy atom. The van der Waals surface area contributed by atoms with Crippen LogP contribution in [0.4, 0.5) is 0 Å². The minimum absolute atomic E-state index is 0. The molecule has 0 aliphatic heterocycles. The van der Waals surface area contributed by atoms with Crippen LogP contribution in [0, 0.1) is 6.92 Å². The first-order valence-corrected chi connectivity index (χ1v) is 3.92. The van der Waals surface area contributed by atoms with E-state index in [0.29, 0.717) is 0 Å². The lowest BCUT2D eigenvalue weighted by Crippen LogP contribution is -2.06. The summed E-state index contributed by atoms with van der Waals surface area (Å²) in [5, 5.41) is 0. The van der Waals surface area contributed by atoms with E-state index in [9.17, 15) is 0 Å². The molecule has 0 aliphatic carbocycles. The van der Waals surface area contributed by atoms with Crippen LogP contribution in [-0.2, 0) is 0 Å². The van der Waals surface area contributed by atoms with Crippen LogP contribution in [0.2, 0.25) is 0 Å². The van der Waals surface area contributed by atoms with E-state index in [0.717, 1.165) is 5.75 Å². The Bertz CT molecular complexity index is 233. The normalized spacial score (nSPS) is 9.33. The van der Waals surface area contributed by atoms with Crippen LogP contribution in [0.15, 0.2) is 24.3 Å². The van der Waals surface area contributed by atoms with Gasteiger partial charge in [-0.3, -0.25) is 0 Å². The van der Waals surface area contributed by atoms with Crippen molar-refractivity contribution in [1.29, 1.82) is 0 Å². The summed E-state index contributed by atoms with van der Waals surface area (Å²) in [7, 11) is 0. The summed E-state index contributed by atoms with van der Waals surface area (Å²) in [6.45, 7) is 6.12. The summed E-state index contributed by atoms with van der Waals surface area (Å²) in [6, 6.07) is 8.06. The maximum atomic E-state index is 5.54. The fourth-order valence-corrected chi connectivity index (χ4v) is 0.943. The molecule has 0 aliphatic rings. The Hall–Kier alpha value is -1.02. The van der Waals surface area contributed by atoms with Gasteiger partial charge in [0.15, 0.2) is 0 Å². The lowest BCUT2D eigenvalue weighted by atomic mass is 10.2. The molecule has 2 nitrogen and oxygen atoms in total. The van der Waals surface area contributed by atoms with E-state index in [-0.39, 0.29) is 12.3 Å². The van der Waals surface area contributed by atoms with Gasteiger partial charge in [-0.25, -0.2) is 0 Å². The second-order valence-corrected chi connectivity index (χ2v) is 2.93. The van der Waals surface area contributed by atoms with Gasteiger partial charge in [0, 0.05) is 0 Å². The first kappa shape index (κ1) is 11.0. The molecule has 0 aromatic heterocycles. The molecular formula is C10H17NO. The summed E-state index contributed by atoms with van der Waals surface area (Å²) >= 11 is 0. The van der Waals surface area contributed by atoms with Crippen molar-refractivity contribution in [2.75, 3.05) is 0 Å². The van der Waals surface area contributed by atoms with E-state index >= 15 is 0 Å². The summed E-state index contributed by atoms with van der Waals surface area (Å²) in [5.41, 5.74) is 1.20. The zero-order chi connectivity index (χ0) is 8.27. The minimum atomic E-state index is 0. The highest BCUT2D eigenvalue weighted by Gasteiger charge is 1.98. The Labute approximate surface area is 74.1 Å². The average molecular weight is 167 g/mol. The largest absolute Gasteiger partial charge is 0.491 e. The zero-order valence-corrected chi connectivity index (χ0v) is 8.00. The van der Waals surface area contributed by atoms with Crippen LogP contribution >= 0.6 is 0 Å². The van der Waals surface area contributed by atoms with Crippen LogP contribution in [0.3, 0.4) is 0 Å². The quantitative estimate of drug-likeness (QED) is 0.736. The molecule has 1 rings (SSSR count). The summed E-state index contributed by atoms with van der Waals surface area (Å²) < 4.78 is 5.54. The van der Waals surface area contributed by atoms with Gasteiger partial charge in [-0.2, -0.15) is 0 Å². The fourth-order valence-electron chi connectivity index (χ4n) is 0.943. The highest BCUT2D eigenvalue weighted by molar-refractivity contribution is 5.31. The Morgan fingerprint density at radius 1 is 1.17 bits per heavy atom. The molecule has 0 radical (unpaired) electrons. The van der Waals surface area contributed by atoms with Crippen molar-refractivity contribution in [1.82, 2.24) is 6.15 Å². The second-order valence-electron chi connectivity index (χ2n) is 2.93. The smallest absolute Gasteiger partial charge is 0.122 e. The first-order chi connectivity index (χ1) is 5.20. The van der Waals surface area contributed by atoms with E-state index in [4.69, 9.17) is 4.74 Å². The van der Waals surface area contributed by atoms with Gasteiger partial charge in [0.2, 0.25) is 0 Å². The topological polar surface area (TPSA) is 44.2 Å². The molecule has 12 heavy (non-hydrogen) atoms. The van der Waals surface area contributed by atoms with Crippen LogP contribution in [0.5, 0.6) is 5.75 Å². The predicted molar refractivity (Wildman–Crippen MR) is 52.0 cm³/mol. The van der Waals surface area contributed by atoms with Crippen molar-refractivity contribution in [3.8, 4) is 5.75 Å². The van der Waals surface area contributed by atoms with Crippen LogP contribution in [0.1, 0.15) is 19.4 Å². The van der Waals surface area contributed by atoms with Crippen molar-refractivity contribution in [3.63, 3.8) is 0 Å². The highest BCUT2D eigenvalue weighted by atomic mass is 16.5. The van der Waals surface area contributed by atoms with E-state index < -0.39 is 0 Å². The van der Waals surface area contributed by atoms with Gasteiger partial charge in [-0.15, -0.1) is 0 Å². The third kappa shape index (κ3) is 2.93. The standard InChI is InChI=1S/C10H14O.H3N/c1-8(2)11-10-7-5-4-6-9(10)3;/h4-8H,1-3H3;1H3. The van der Waals surface area contributed by atoms with Crippen LogP contribution in [-0.4, -0.2) is 6.10 Å². The Kier molecular flexibility index (Phi) is 4.37. The molecule has 0 saturated carbocycles. The Morgan fingerprint density at radius 2 is 1.75 bits per heavy atom. The number of benzene rings is 1. The zero-order valence-electron chi connectivity index (χ0n) is 8.00. The molecular weight excluding hydrogens is 150 g/mol. The molecule has 0 fully saturated rings. The maximum absolute atomic E-state index is 5.54. The van der Waals surface area contributed by atoms with Gasteiger partial charge in [-0.05, 0) is 32.4 Å². The number of para-hydroxylation sites is 1. The third-order valence-corrected chi connectivity index (χ3v) is 1.46. The lowest BCUT2D eigenvalue weighted by molar-refractivity contribution is 0.241. The second kappa shape index (κ2) is 4.78. The SMILES string of the molecule is Cc1ccccc1OC(C)C.N. The first-order valence-electron chi connectivity index (χ1n) is 3.92. The summed E-state index contributed by atoms with van der Waals surface area (Å²) in [6.07, 6.45) is 0.260. The molecule has 0 unspecified atom stereocenters. The maximum Gasteiger partial charge on any atom is 0.122 e. The molecule has 3 N–H and O–H groups in total. The van der Waals surface area contributed by atoms with Crippen molar-refractivity contribution in [2.45, 2.75) is 26.9 Å². The number of rotatable bonds is 2. The molecule has 68 valence electrons. The molecule has 1 aromatic rings. The van der Waals surface area contributed by atoms with Gasteiger partial charge >= 0.3 is 0 Å². The molecule has 0 amide bonds. The predicted octanol–water partition coefficient (Wildman–Crippen LogP) is 2.94. The monoisotopic (exact) mass is 167 g/mol. The summed E-state index contributed by atoms with van der Waals surface area (Å²) in [4.78, 5) is 0. The number of hydrogen-bond acceptors (Lipinski definition) is 2. The molecule has 0 bridgehead atoms. The van der Waals surface area contributed by atoms with E-state index in [1.807, 2.05) is 32.0 Å². The van der Waals surface area contributed by atoms with Crippen molar-refractivity contribution in [2.24, 2.45) is 0 Å². The van der Waals surface area contributed by atoms with E-state index in [2.05, 4.69) is 13.0 Å². The van der Waals surface area contributed by atoms with Crippen molar-refractivity contribution < 1.29 is 4.74 Å². The molecule has 0 spiro atoms. The third-order valence-electron chi connectivity index (χ3n) is 1.46. The molecule has 0 saturated heterocycles. The molecule has 0 heterocycles. The number of aryl methyl sites for hydroxylation is 1. The van der Waals surface area contributed by atoms with E-state index in [1.54, 1.807) is 0 Å². The van der Waals surface area contributed by atoms with Gasteiger partial charge in [0.25, 0.3) is 0 Å².